The fourth-order valence-corrected chi connectivity index (χ4v) is 2.13. The van der Waals surface area contributed by atoms with Gasteiger partial charge in [-0.25, -0.2) is 0 Å². The Balaban J connectivity index is 2.51. The van der Waals surface area contributed by atoms with Gasteiger partial charge in [-0.05, 0) is 30.5 Å². The molecule has 0 aliphatic heterocycles. The minimum atomic E-state index is 0.196. The number of rotatable bonds is 0. The van der Waals surface area contributed by atoms with Crippen molar-refractivity contribution in [3.8, 4) is 0 Å². The van der Waals surface area contributed by atoms with Crippen LogP contribution in [0.1, 0.15) is 29.3 Å². The van der Waals surface area contributed by atoms with Crippen LogP contribution in [0.15, 0.2) is 22.7 Å². The Hall–Kier alpha value is -0.630. The number of aryl methyl sites for hydroxylation is 1. The Kier molecular flexibility index (Phi) is 2.24. The molecule has 0 radical (unpaired) electrons. The van der Waals surface area contributed by atoms with Crippen LogP contribution in [-0.2, 0) is 6.42 Å². The van der Waals surface area contributed by atoms with Crippen LogP contribution in [0.5, 0.6) is 0 Å². The van der Waals surface area contributed by atoms with E-state index in [1.165, 1.54) is 5.56 Å². The lowest BCUT2D eigenvalue weighted by Crippen LogP contribution is -2.19. The van der Waals surface area contributed by atoms with Crippen LogP contribution in [-0.4, -0.2) is 5.78 Å². The van der Waals surface area contributed by atoms with E-state index in [1.807, 2.05) is 25.1 Å². The molecule has 0 amide bonds. The van der Waals surface area contributed by atoms with Crippen LogP contribution in [0.4, 0.5) is 0 Å². The molecule has 0 bridgehead atoms. The van der Waals surface area contributed by atoms with Gasteiger partial charge in [0, 0.05) is 16.0 Å². The van der Waals surface area contributed by atoms with Crippen LogP contribution < -0.4 is 0 Å². The zero-order valence-electron chi connectivity index (χ0n) is 7.51. The summed E-state index contributed by atoms with van der Waals surface area (Å²) < 4.78 is 0.994. The molecule has 1 nitrogen and oxygen atoms in total. The largest absolute Gasteiger partial charge is 0.294 e. The van der Waals surface area contributed by atoms with E-state index in [2.05, 4.69) is 15.9 Å². The van der Waals surface area contributed by atoms with Crippen molar-refractivity contribution in [2.45, 2.75) is 19.8 Å². The molecule has 0 N–H and O–H groups in total. The van der Waals surface area contributed by atoms with Crippen molar-refractivity contribution in [3.63, 3.8) is 0 Å². The number of hydrogen-bond donors (Lipinski definition) is 0. The highest BCUT2D eigenvalue weighted by atomic mass is 79.9. The smallest absolute Gasteiger partial charge is 0.165 e. The molecular weight excluding hydrogens is 228 g/mol. The van der Waals surface area contributed by atoms with Gasteiger partial charge >= 0.3 is 0 Å². The average molecular weight is 239 g/mol. The van der Waals surface area contributed by atoms with Crippen molar-refractivity contribution in [2.75, 3.05) is 0 Å². The maximum absolute atomic E-state index is 11.7. The minimum Gasteiger partial charge on any atom is -0.294 e. The summed E-state index contributed by atoms with van der Waals surface area (Å²) in [5.74, 6) is 0.490. The van der Waals surface area contributed by atoms with Crippen molar-refractivity contribution in [3.05, 3.63) is 33.8 Å². The first-order valence-electron chi connectivity index (χ1n) is 4.51. The lowest BCUT2D eigenvalue weighted by Gasteiger charge is -2.19. The predicted octanol–water partition coefficient (Wildman–Crippen LogP) is 3.21. The van der Waals surface area contributed by atoms with E-state index < -0.39 is 0 Å². The molecule has 2 rings (SSSR count). The second kappa shape index (κ2) is 3.26. The molecule has 13 heavy (non-hydrogen) atoms. The average Bonchev–Trinajstić information content (AvgIpc) is 2.12. The summed E-state index contributed by atoms with van der Waals surface area (Å²) in [6, 6.07) is 5.98. The molecule has 0 saturated heterocycles. The number of carbonyl (C=O) groups is 1. The SMILES string of the molecule is CC1CCc2ccc(Br)cc2C1=O. The molecular formula is C11H11BrO. The first-order chi connectivity index (χ1) is 6.18. The number of halogens is 1. The number of carbonyl (C=O) groups excluding carboxylic acids is 1. The van der Waals surface area contributed by atoms with Gasteiger partial charge in [0.25, 0.3) is 0 Å². The molecule has 1 unspecified atom stereocenters. The lowest BCUT2D eigenvalue weighted by molar-refractivity contribution is 0.0913. The Morgan fingerprint density at radius 3 is 3.00 bits per heavy atom. The minimum absolute atomic E-state index is 0.196. The van der Waals surface area contributed by atoms with Crippen LogP contribution in [0.3, 0.4) is 0 Å². The third-order valence-corrected chi connectivity index (χ3v) is 3.12. The fourth-order valence-electron chi connectivity index (χ4n) is 1.76. The number of ketones is 1. The normalized spacial score (nSPS) is 21.4. The molecule has 2 heteroatoms. The summed E-state index contributed by atoms with van der Waals surface area (Å²) >= 11 is 3.39. The van der Waals surface area contributed by atoms with Crippen molar-refractivity contribution in [1.82, 2.24) is 0 Å². The van der Waals surface area contributed by atoms with Crippen molar-refractivity contribution in [2.24, 2.45) is 5.92 Å². The summed E-state index contributed by atoms with van der Waals surface area (Å²) in [5, 5.41) is 0. The van der Waals surface area contributed by atoms with E-state index in [9.17, 15) is 4.79 Å². The predicted molar refractivity (Wildman–Crippen MR) is 56.0 cm³/mol. The molecule has 0 heterocycles. The van der Waals surface area contributed by atoms with Gasteiger partial charge in [0.2, 0.25) is 0 Å². The standard InChI is InChI=1S/C11H11BrO/c1-7-2-3-8-4-5-9(12)6-10(8)11(7)13/h4-7H,2-3H2,1H3. The van der Waals surface area contributed by atoms with E-state index in [-0.39, 0.29) is 5.92 Å². The van der Waals surface area contributed by atoms with Crippen LogP contribution in [0.25, 0.3) is 0 Å². The van der Waals surface area contributed by atoms with Gasteiger partial charge in [0.1, 0.15) is 0 Å². The van der Waals surface area contributed by atoms with Gasteiger partial charge in [-0.1, -0.05) is 28.9 Å². The number of hydrogen-bond acceptors (Lipinski definition) is 1. The van der Waals surface area contributed by atoms with E-state index in [1.54, 1.807) is 0 Å². The first kappa shape index (κ1) is 8.95. The van der Waals surface area contributed by atoms with Gasteiger partial charge in [-0.15, -0.1) is 0 Å². The van der Waals surface area contributed by atoms with Crippen molar-refractivity contribution in [1.29, 1.82) is 0 Å². The molecule has 1 aromatic carbocycles. The third kappa shape index (κ3) is 1.55. The van der Waals surface area contributed by atoms with Crippen molar-refractivity contribution >= 4 is 21.7 Å². The maximum atomic E-state index is 11.7. The van der Waals surface area contributed by atoms with Crippen molar-refractivity contribution < 1.29 is 4.79 Å². The van der Waals surface area contributed by atoms with E-state index in [0.717, 1.165) is 22.9 Å². The highest BCUT2D eigenvalue weighted by molar-refractivity contribution is 9.10. The molecule has 1 aliphatic carbocycles. The topological polar surface area (TPSA) is 17.1 Å². The molecule has 68 valence electrons. The highest BCUT2D eigenvalue weighted by Crippen LogP contribution is 2.27. The number of Topliss-reactive ketones (excluding diaryl/α,β-unsaturated/α-hetero) is 1. The third-order valence-electron chi connectivity index (χ3n) is 2.63. The van der Waals surface area contributed by atoms with Crippen LogP contribution >= 0.6 is 15.9 Å². The lowest BCUT2D eigenvalue weighted by atomic mass is 9.84. The monoisotopic (exact) mass is 238 g/mol. The number of benzene rings is 1. The molecule has 1 aromatic rings. The fraction of sp³-hybridized carbons (Fsp3) is 0.364. The molecule has 0 fully saturated rings. The molecule has 0 aromatic heterocycles. The number of fused-ring (bicyclic) bond motifs is 1. The Bertz CT molecular complexity index is 357. The summed E-state index contributed by atoms with van der Waals surface area (Å²) in [4.78, 5) is 11.7. The van der Waals surface area contributed by atoms with Gasteiger partial charge in [0.15, 0.2) is 5.78 Å². The molecule has 1 aliphatic rings. The van der Waals surface area contributed by atoms with Crippen LogP contribution in [0, 0.1) is 5.92 Å². The van der Waals surface area contributed by atoms with Gasteiger partial charge in [-0.2, -0.15) is 0 Å². The van der Waals surface area contributed by atoms with Gasteiger partial charge in [0.05, 0.1) is 0 Å². The maximum Gasteiger partial charge on any atom is 0.165 e. The van der Waals surface area contributed by atoms with E-state index >= 15 is 0 Å². The first-order valence-corrected chi connectivity index (χ1v) is 5.30. The molecule has 1 atom stereocenters. The highest BCUT2D eigenvalue weighted by Gasteiger charge is 2.23. The summed E-state index contributed by atoms with van der Waals surface area (Å²) in [6.07, 6.45) is 2.03. The second-order valence-electron chi connectivity index (χ2n) is 3.61. The van der Waals surface area contributed by atoms with Gasteiger partial charge in [-0.3, -0.25) is 4.79 Å². The molecule has 0 saturated carbocycles. The Morgan fingerprint density at radius 1 is 1.46 bits per heavy atom. The van der Waals surface area contributed by atoms with E-state index in [4.69, 9.17) is 0 Å². The zero-order valence-corrected chi connectivity index (χ0v) is 9.10. The molecule has 0 spiro atoms. The summed E-state index contributed by atoms with van der Waals surface area (Å²) in [5.41, 5.74) is 2.11. The second-order valence-corrected chi connectivity index (χ2v) is 4.52. The zero-order chi connectivity index (χ0) is 9.42. The van der Waals surface area contributed by atoms with Crippen LogP contribution in [0.2, 0.25) is 0 Å². The summed E-state index contributed by atoms with van der Waals surface area (Å²) in [7, 11) is 0. The van der Waals surface area contributed by atoms with E-state index in [0.29, 0.717) is 5.78 Å². The van der Waals surface area contributed by atoms with Gasteiger partial charge < -0.3 is 0 Å². The quantitative estimate of drug-likeness (QED) is 0.679. The Labute approximate surface area is 86.3 Å². The summed E-state index contributed by atoms with van der Waals surface area (Å²) in [6.45, 7) is 2.01. The Morgan fingerprint density at radius 2 is 2.23 bits per heavy atom.